The van der Waals surface area contributed by atoms with Gasteiger partial charge in [0, 0.05) is 5.38 Å². The van der Waals surface area contributed by atoms with Crippen LogP contribution in [-0.4, -0.2) is 5.38 Å². The number of alkyl halides is 1. The van der Waals surface area contributed by atoms with Crippen LogP contribution in [0, 0.1) is 5.92 Å². The molecule has 0 rings (SSSR count). The molecule has 0 amide bonds. The van der Waals surface area contributed by atoms with E-state index in [1.807, 2.05) is 6.08 Å². The van der Waals surface area contributed by atoms with Crippen molar-refractivity contribution >= 4 is 11.6 Å². The Balaban J connectivity index is 3.30. The number of allylic oxidation sites excluding steroid dienone is 1. The summed E-state index contributed by atoms with van der Waals surface area (Å²) >= 11 is 5.84. The minimum absolute atomic E-state index is 0.271. The van der Waals surface area contributed by atoms with Crippen molar-refractivity contribution in [3.8, 4) is 0 Å². The van der Waals surface area contributed by atoms with Crippen molar-refractivity contribution in [1.82, 2.24) is 0 Å². The Labute approximate surface area is 56.5 Å². The Bertz CT molecular complexity index is 66.8. The van der Waals surface area contributed by atoms with Crippen LogP contribution in [0.2, 0.25) is 0 Å². The molecule has 0 heterocycles. The zero-order chi connectivity index (χ0) is 6.57. The summed E-state index contributed by atoms with van der Waals surface area (Å²) in [5, 5.41) is 0.271. The third-order valence-corrected chi connectivity index (χ3v) is 1.80. The predicted molar refractivity (Wildman–Crippen MR) is 39.3 cm³/mol. The molecular formula is C7H13Cl. The fourth-order valence-electron chi connectivity index (χ4n) is 0.431. The van der Waals surface area contributed by atoms with Crippen LogP contribution in [0.3, 0.4) is 0 Å². The van der Waals surface area contributed by atoms with E-state index < -0.39 is 0 Å². The SMILES string of the molecule is C=CCC(Cl)C(C)C. The second-order valence-electron chi connectivity index (χ2n) is 2.28. The summed E-state index contributed by atoms with van der Waals surface area (Å²) in [6.45, 7) is 7.82. The first-order chi connectivity index (χ1) is 3.68. The minimum Gasteiger partial charge on any atom is -0.122 e. The molecule has 0 saturated carbocycles. The molecule has 0 nitrogen and oxygen atoms in total. The van der Waals surface area contributed by atoms with Crippen molar-refractivity contribution in [2.75, 3.05) is 0 Å². The monoisotopic (exact) mass is 132 g/mol. The maximum atomic E-state index is 5.84. The lowest BCUT2D eigenvalue weighted by Gasteiger charge is -2.08. The molecule has 1 heteroatoms. The average Bonchev–Trinajstić information content (AvgIpc) is 1.67. The lowest BCUT2D eigenvalue weighted by Crippen LogP contribution is -2.05. The smallest absolute Gasteiger partial charge is 0.0393 e. The van der Waals surface area contributed by atoms with Crippen LogP contribution in [0.5, 0.6) is 0 Å². The van der Waals surface area contributed by atoms with Gasteiger partial charge in [-0.3, -0.25) is 0 Å². The Hall–Kier alpha value is 0.0300. The summed E-state index contributed by atoms with van der Waals surface area (Å²) in [5.74, 6) is 0.565. The molecule has 0 aromatic rings. The Morgan fingerprint density at radius 3 is 2.25 bits per heavy atom. The largest absolute Gasteiger partial charge is 0.122 e. The van der Waals surface area contributed by atoms with Gasteiger partial charge in [0.1, 0.15) is 0 Å². The highest BCUT2D eigenvalue weighted by Gasteiger charge is 2.05. The van der Waals surface area contributed by atoms with Crippen molar-refractivity contribution < 1.29 is 0 Å². The van der Waals surface area contributed by atoms with Gasteiger partial charge in [0.15, 0.2) is 0 Å². The molecule has 0 aromatic heterocycles. The van der Waals surface area contributed by atoms with Crippen LogP contribution < -0.4 is 0 Å². The van der Waals surface area contributed by atoms with Crippen molar-refractivity contribution in [3.05, 3.63) is 12.7 Å². The van der Waals surface area contributed by atoms with E-state index >= 15 is 0 Å². The fourth-order valence-corrected chi connectivity index (χ4v) is 0.557. The molecule has 0 aliphatic rings. The second-order valence-corrected chi connectivity index (χ2v) is 2.84. The third kappa shape index (κ3) is 3.09. The van der Waals surface area contributed by atoms with Gasteiger partial charge in [-0.1, -0.05) is 19.9 Å². The molecular weight excluding hydrogens is 120 g/mol. The van der Waals surface area contributed by atoms with E-state index in [1.165, 1.54) is 0 Å². The maximum absolute atomic E-state index is 5.84. The van der Waals surface area contributed by atoms with Gasteiger partial charge in [0.25, 0.3) is 0 Å². The molecule has 8 heavy (non-hydrogen) atoms. The number of hydrogen-bond acceptors (Lipinski definition) is 0. The molecule has 0 bridgehead atoms. The number of hydrogen-bond donors (Lipinski definition) is 0. The van der Waals surface area contributed by atoms with Crippen molar-refractivity contribution in [2.24, 2.45) is 5.92 Å². The third-order valence-electron chi connectivity index (χ3n) is 1.12. The highest BCUT2D eigenvalue weighted by atomic mass is 35.5. The molecule has 0 spiro atoms. The summed E-state index contributed by atoms with van der Waals surface area (Å²) in [5.41, 5.74) is 0. The highest BCUT2D eigenvalue weighted by Crippen LogP contribution is 2.12. The van der Waals surface area contributed by atoms with Crippen molar-refractivity contribution in [3.63, 3.8) is 0 Å². The van der Waals surface area contributed by atoms with Crippen molar-refractivity contribution in [1.29, 1.82) is 0 Å². The van der Waals surface area contributed by atoms with Crippen LogP contribution in [0.1, 0.15) is 20.3 Å². The summed E-state index contributed by atoms with van der Waals surface area (Å²) in [7, 11) is 0. The van der Waals surface area contributed by atoms with Gasteiger partial charge in [0.05, 0.1) is 0 Å². The first-order valence-electron chi connectivity index (χ1n) is 2.93. The summed E-state index contributed by atoms with van der Waals surface area (Å²) in [6.07, 6.45) is 2.77. The quantitative estimate of drug-likeness (QED) is 0.409. The minimum atomic E-state index is 0.271. The Morgan fingerprint density at radius 1 is 1.62 bits per heavy atom. The van der Waals surface area contributed by atoms with E-state index in [0.717, 1.165) is 6.42 Å². The van der Waals surface area contributed by atoms with Crippen molar-refractivity contribution in [2.45, 2.75) is 25.6 Å². The van der Waals surface area contributed by atoms with E-state index in [-0.39, 0.29) is 5.38 Å². The van der Waals surface area contributed by atoms with E-state index in [9.17, 15) is 0 Å². The van der Waals surface area contributed by atoms with Gasteiger partial charge in [0.2, 0.25) is 0 Å². The summed E-state index contributed by atoms with van der Waals surface area (Å²) < 4.78 is 0. The summed E-state index contributed by atoms with van der Waals surface area (Å²) in [6, 6.07) is 0. The molecule has 1 unspecified atom stereocenters. The molecule has 0 aliphatic heterocycles. The lowest BCUT2D eigenvalue weighted by atomic mass is 10.1. The standard InChI is InChI=1S/C7H13Cl/c1-4-5-7(8)6(2)3/h4,6-7H,1,5H2,2-3H3. The molecule has 0 fully saturated rings. The second kappa shape index (κ2) is 3.96. The topological polar surface area (TPSA) is 0 Å². The van der Waals surface area contributed by atoms with E-state index in [2.05, 4.69) is 20.4 Å². The van der Waals surface area contributed by atoms with Crippen LogP contribution in [-0.2, 0) is 0 Å². The zero-order valence-corrected chi connectivity index (χ0v) is 6.28. The van der Waals surface area contributed by atoms with E-state index in [0.29, 0.717) is 5.92 Å². The molecule has 0 radical (unpaired) electrons. The first-order valence-corrected chi connectivity index (χ1v) is 3.37. The summed E-state index contributed by atoms with van der Waals surface area (Å²) in [4.78, 5) is 0. The van der Waals surface area contributed by atoms with Crippen LogP contribution in [0.15, 0.2) is 12.7 Å². The molecule has 0 aliphatic carbocycles. The van der Waals surface area contributed by atoms with Gasteiger partial charge < -0.3 is 0 Å². The Kier molecular flexibility index (Phi) is 3.98. The zero-order valence-electron chi connectivity index (χ0n) is 5.52. The van der Waals surface area contributed by atoms with Gasteiger partial charge in [-0.05, 0) is 12.3 Å². The van der Waals surface area contributed by atoms with E-state index in [4.69, 9.17) is 11.6 Å². The number of rotatable bonds is 3. The van der Waals surface area contributed by atoms with Crippen LogP contribution in [0.25, 0.3) is 0 Å². The lowest BCUT2D eigenvalue weighted by molar-refractivity contribution is 0.604. The van der Waals surface area contributed by atoms with Gasteiger partial charge in [-0.25, -0.2) is 0 Å². The maximum Gasteiger partial charge on any atom is 0.0393 e. The van der Waals surface area contributed by atoms with Gasteiger partial charge in [-0.2, -0.15) is 0 Å². The fraction of sp³-hybridized carbons (Fsp3) is 0.714. The molecule has 0 aromatic carbocycles. The van der Waals surface area contributed by atoms with E-state index in [1.54, 1.807) is 0 Å². The van der Waals surface area contributed by atoms with Crippen LogP contribution in [0.4, 0.5) is 0 Å². The highest BCUT2D eigenvalue weighted by molar-refractivity contribution is 6.20. The number of halogens is 1. The molecule has 0 N–H and O–H groups in total. The first kappa shape index (κ1) is 8.03. The molecule has 1 atom stereocenters. The Morgan fingerprint density at radius 2 is 2.12 bits per heavy atom. The molecule has 0 saturated heterocycles. The van der Waals surface area contributed by atoms with Gasteiger partial charge >= 0.3 is 0 Å². The van der Waals surface area contributed by atoms with Gasteiger partial charge in [-0.15, -0.1) is 18.2 Å². The normalized spacial score (nSPS) is 14.0. The van der Waals surface area contributed by atoms with Crippen LogP contribution >= 0.6 is 11.6 Å². The average molecular weight is 133 g/mol. The molecule has 48 valence electrons. The predicted octanol–water partition coefficient (Wildman–Crippen LogP) is 2.83.